The predicted molar refractivity (Wildman–Crippen MR) is 69.3 cm³/mol. The van der Waals surface area contributed by atoms with Crippen LogP contribution in [-0.2, 0) is 6.54 Å². The van der Waals surface area contributed by atoms with Gasteiger partial charge in [-0.3, -0.25) is 0 Å². The minimum absolute atomic E-state index is 0.286. The van der Waals surface area contributed by atoms with Crippen LogP contribution in [-0.4, -0.2) is 0 Å². The molecule has 0 aliphatic carbocycles. The van der Waals surface area contributed by atoms with Gasteiger partial charge in [-0.25, -0.2) is 4.39 Å². The number of anilines is 2. The Hall–Kier alpha value is -2.03. The molecule has 0 saturated carbocycles. The highest BCUT2D eigenvalue weighted by molar-refractivity contribution is 5.65. The number of hydrogen-bond donors (Lipinski definition) is 2. The van der Waals surface area contributed by atoms with E-state index in [-0.39, 0.29) is 5.82 Å². The zero-order valence-corrected chi connectivity index (χ0v) is 9.70. The Bertz CT molecular complexity index is 506. The van der Waals surface area contributed by atoms with Crippen LogP contribution in [0.15, 0.2) is 42.5 Å². The summed E-state index contributed by atoms with van der Waals surface area (Å²) in [5.74, 6) is -0.286. The van der Waals surface area contributed by atoms with Gasteiger partial charge in [0.15, 0.2) is 0 Å². The molecule has 0 spiro atoms. The molecule has 0 heterocycles. The molecular weight excluding hydrogens is 215 g/mol. The van der Waals surface area contributed by atoms with Gasteiger partial charge in [0.2, 0.25) is 0 Å². The lowest BCUT2D eigenvalue weighted by molar-refractivity contribution is 0.628. The van der Waals surface area contributed by atoms with E-state index in [1.165, 1.54) is 17.7 Å². The van der Waals surface area contributed by atoms with E-state index in [1.807, 2.05) is 31.2 Å². The molecule has 3 N–H and O–H groups in total. The number of nitrogen functional groups attached to an aromatic ring is 1. The Kier molecular flexibility index (Phi) is 3.28. The third-order valence-corrected chi connectivity index (χ3v) is 2.62. The lowest BCUT2D eigenvalue weighted by atomic mass is 10.1. The maximum atomic E-state index is 13.0. The van der Waals surface area contributed by atoms with Gasteiger partial charge in [-0.1, -0.05) is 29.8 Å². The number of nitrogens with one attached hydrogen (secondary N) is 1. The monoisotopic (exact) mass is 230 g/mol. The van der Waals surface area contributed by atoms with Crippen LogP contribution >= 0.6 is 0 Å². The van der Waals surface area contributed by atoms with Crippen molar-refractivity contribution in [2.45, 2.75) is 13.5 Å². The summed E-state index contributed by atoms with van der Waals surface area (Å²) in [4.78, 5) is 0. The number of hydrogen-bond acceptors (Lipinski definition) is 2. The summed E-state index contributed by atoms with van der Waals surface area (Å²) < 4.78 is 13.0. The molecule has 17 heavy (non-hydrogen) atoms. The zero-order valence-electron chi connectivity index (χ0n) is 9.70. The second kappa shape index (κ2) is 4.87. The van der Waals surface area contributed by atoms with Crippen LogP contribution in [0, 0.1) is 12.7 Å². The van der Waals surface area contributed by atoms with Gasteiger partial charge >= 0.3 is 0 Å². The lowest BCUT2D eigenvalue weighted by Crippen LogP contribution is -2.02. The number of aryl methyl sites for hydroxylation is 1. The van der Waals surface area contributed by atoms with Gasteiger partial charge < -0.3 is 11.1 Å². The van der Waals surface area contributed by atoms with Crippen LogP contribution in [0.1, 0.15) is 11.1 Å². The molecule has 0 unspecified atom stereocenters. The minimum atomic E-state index is -0.286. The predicted octanol–water partition coefficient (Wildman–Crippen LogP) is 3.33. The van der Waals surface area contributed by atoms with E-state index < -0.39 is 0 Å². The van der Waals surface area contributed by atoms with Gasteiger partial charge in [0, 0.05) is 6.54 Å². The van der Waals surface area contributed by atoms with Crippen molar-refractivity contribution in [1.29, 1.82) is 0 Å². The summed E-state index contributed by atoms with van der Waals surface area (Å²) in [5.41, 5.74) is 9.29. The lowest BCUT2D eigenvalue weighted by Gasteiger charge is -2.09. The number of benzene rings is 2. The fourth-order valence-electron chi connectivity index (χ4n) is 1.58. The summed E-state index contributed by atoms with van der Waals surface area (Å²) >= 11 is 0. The first-order chi connectivity index (χ1) is 8.15. The molecule has 0 saturated heterocycles. The first kappa shape index (κ1) is 11.5. The number of halogens is 1. The fraction of sp³-hybridized carbons (Fsp3) is 0.143. The number of nitrogens with two attached hydrogens (primary N) is 1. The Morgan fingerprint density at radius 1 is 1.12 bits per heavy atom. The van der Waals surface area contributed by atoms with Gasteiger partial charge in [0.25, 0.3) is 0 Å². The van der Waals surface area contributed by atoms with Crippen molar-refractivity contribution < 1.29 is 4.39 Å². The Morgan fingerprint density at radius 2 is 1.82 bits per heavy atom. The van der Waals surface area contributed by atoms with E-state index in [1.54, 1.807) is 6.07 Å². The van der Waals surface area contributed by atoms with E-state index >= 15 is 0 Å². The fourth-order valence-corrected chi connectivity index (χ4v) is 1.58. The number of rotatable bonds is 3. The van der Waals surface area contributed by atoms with E-state index in [2.05, 4.69) is 5.32 Å². The molecule has 0 aliphatic heterocycles. The van der Waals surface area contributed by atoms with Gasteiger partial charge in [-0.2, -0.15) is 0 Å². The summed E-state index contributed by atoms with van der Waals surface area (Å²) in [7, 11) is 0. The smallest absolute Gasteiger partial charge is 0.125 e. The molecule has 88 valence electrons. The van der Waals surface area contributed by atoms with Crippen LogP contribution in [0.3, 0.4) is 0 Å². The molecule has 2 nitrogen and oxygen atoms in total. The van der Waals surface area contributed by atoms with E-state index in [4.69, 9.17) is 5.73 Å². The third kappa shape index (κ3) is 2.97. The van der Waals surface area contributed by atoms with Crippen molar-refractivity contribution in [2.24, 2.45) is 0 Å². The highest BCUT2D eigenvalue weighted by Crippen LogP contribution is 2.20. The maximum Gasteiger partial charge on any atom is 0.125 e. The average Bonchev–Trinajstić information content (AvgIpc) is 2.32. The topological polar surface area (TPSA) is 38.0 Å². The normalized spacial score (nSPS) is 10.2. The van der Waals surface area contributed by atoms with Crippen LogP contribution in [0.2, 0.25) is 0 Å². The van der Waals surface area contributed by atoms with Crippen LogP contribution in [0.5, 0.6) is 0 Å². The van der Waals surface area contributed by atoms with Gasteiger partial charge in [0.1, 0.15) is 5.82 Å². The highest BCUT2D eigenvalue weighted by atomic mass is 19.1. The summed E-state index contributed by atoms with van der Waals surface area (Å²) in [6.45, 7) is 2.68. The molecular formula is C14H15FN2. The van der Waals surface area contributed by atoms with Gasteiger partial charge in [-0.05, 0) is 30.7 Å². The van der Waals surface area contributed by atoms with Crippen molar-refractivity contribution in [2.75, 3.05) is 11.1 Å². The quantitative estimate of drug-likeness (QED) is 0.794. The van der Waals surface area contributed by atoms with E-state index in [9.17, 15) is 4.39 Å². The van der Waals surface area contributed by atoms with Gasteiger partial charge in [-0.15, -0.1) is 0 Å². The van der Waals surface area contributed by atoms with E-state index in [0.717, 1.165) is 5.56 Å². The first-order valence-corrected chi connectivity index (χ1v) is 5.49. The van der Waals surface area contributed by atoms with Crippen molar-refractivity contribution in [1.82, 2.24) is 0 Å². The molecule has 0 radical (unpaired) electrons. The molecule has 0 aliphatic rings. The zero-order chi connectivity index (χ0) is 12.3. The van der Waals surface area contributed by atoms with Crippen molar-refractivity contribution in [3.63, 3.8) is 0 Å². The molecule has 3 heteroatoms. The van der Waals surface area contributed by atoms with Crippen molar-refractivity contribution in [3.05, 3.63) is 59.4 Å². The molecule has 0 aromatic heterocycles. The summed E-state index contributed by atoms with van der Waals surface area (Å²) in [6, 6.07) is 12.5. The van der Waals surface area contributed by atoms with Crippen LogP contribution in [0.25, 0.3) is 0 Å². The van der Waals surface area contributed by atoms with Crippen molar-refractivity contribution in [3.8, 4) is 0 Å². The van der Waals surface area contributed by atoms with Crippen molar-refractivity contribution >= 4 is 11.4 Å². The van der Waals surface area contributed by atoms with Gasteiger partial charge in [0.05, 0.1) is 11.4 Å². The minimum Gasteiger partial charge on any atom is -0.397 e. The Labute approximate surface area is 100 Å². The molecule has 0 amide bonds. The molecule has 2 aromatic rings. The first-order valence-electron chi connectivity index (χ1n) is 5.49. The average molecular weight is 230 g/mol. The highest BCUT2D eigenvalue weighted by Gasteiger charge is 2.00. The molecule has 0 atom stereocenters. The summed E-state index contributed by atoms with van der Waals surface area (Å²) in [5, 5.41) is 3.12. The van der Waals surface area contributed by atoms with Crippen LogP contribution < -0.4 is 11.1 Å². The second-order valence-corrected chi connectivity index (χ2v) is 4.07. The summed E-state index contributed by atoms with van der Waals surface area (Å²) in [6.07, 6.45) is 0. The Balaban J connectivity index is 2.07. The maximum absolute atomic E-state index is 13.0. The molecule has 2 aromatic carbocycles. The Morgan fingerprint density at radius 3 is 2.53 bits per heavy atom. The molecule has 0 bridgehead atoms. The van der Waals surface area contributed by atoms with E-state index in [0.29, 0.717) is 17.9 Å². The molecule has 2 rings (SSSR count). The third-order valence-electron chi connectivity index (χ3n) is 2.62. The molecule has 0 fully saturated rings. The SMILES string of the molecule is Cc1ccc(CNc2cc(F)ccc2N)cc1. The second-order valence-electron chi connectivity index (χ2n) is 4.07. The van der Waals surface area contributed by atoms with Crippen LogP contribution in [0.4, 0.5) is 15.8 Å². The standard InChI is InChI=1S/C14H15FN2/c1-10-2-4-11(5-3-10)9-17-14-8-12(15)6-7-13(14)16/h2-8,17H,9,16H2,1H3. The largest absolute Gasteiger partial charge is 0.397 e.